The molecule has 1 N–H and O–H groups in total. The standard InChI is InChI=1S/C8H10O4S/c1-2-13(10,11)12-8-6-4-3-5-7(8)9/h3-6,9H,2H2,1H3. The third-order valence-electron chi connectivity index (χ3n) is 1.44. The number of phenols is 1. The van der Waals surface area contributed by atoms with Crippen molar-refractivity contribution in [3.8, 4) is 11.5 Å². The molecule has 13 heavy (non-hydrogen) atoms. The van der Waals surface area contributed by atoms with Gasteiger partial charge in [0, 0.05) is 0 Å². The van der Waals surface area contributed by atoms with Crippen LogP contribution in [0.3, 0.4) is 0 Å². The van der Waals surface area contributed by atoms with Crippen molar-refractivity contribution in [2.45, 2.75) is 6.92 Å². The van der Waals surface area contributed by atoms with Crippen molar-refractivity contribution in [1.82, 2.24) is 0 Å². The van der Waals surface area contributed by atoms with Gasteiger partial charge in [-0.25, -0.2) is 0 Å². The summed E-state index contributed by atoms with van der Waals surface area (Å²) in [4.78, 5) is 0. The summed E-state index contributed by atoms with van der Waals surface area (Å²) in [7, 11) is -3.56. The van der Waals surface area contributed by atoms with Gasteiger partial charge in [0.2, 0.25) is 0 Å². The molecule has 0 saturated heterocycles. The maximum absolute atomic E-state index is 11.0. The van der Waals surface area contributed by atoms with Crippen LogP contribution in [-0.4, -0.2) is 19.3 Å². The van der Waals surface area contributed by atoms with Crippen LogP contribution in [0.15, 0.2) is 24.3 Å². The molecule has 1 aromatic carbocycles. The Bertz CT molecular complexity index is 383. The zero-order valence-corrected chi connectivity index (χ0v) is 7.91. The Morgan fingerprint density at radius 2 is 2.00 bits per heavy atom. The number of benzene rings is 1. The predicted octanol–water partition coefficient (Wildman–Crippen LogP) is 1.12. The second kappa shape index (κ2) is 3.66. The monoisotopic (exact) mass is 202 g/mol. The van der Waals surface area contributed by atoms with Crippen molar-refractivity contribution in [2.75, 3.05) is 5.75 Å². The van der Waals surface area contributed by atoms with E-state index in [9.17, 15) is 13.5 Å². The largest absolute Gasteiger partial charge is 0.504 e. The molecule has 0 radical (unpaired) electrons. The summed E-state index contributed by atoms with van der Waals surface area (Å²) in [6, 6.07) is 5.92. The topological polar surface area (TPSA) is 63.6 Å². The second-order valence-electron chi connectivity index (χ2n) is 2.40. The normalized spacial score (nSPS) is 11.2. The molecule has 5 heteroatoms. The summed E-state index contributed by atoms with van der Waals surface area (Å²) in [5, 5.41) is 9.18. The lowest BCUT2D eigenvalue weighted by Gasteiger charge is -2.05. The Balaban J connectivity index is 2.93. The summed E-state index contributed by atoms with van der Waals surface area (Å²) >= 11 is 0. The fourth-order valence-electron chi connectivity index (χ4n) is 0.723. The molecular weight excluding hydrogens is 192 g/mol. The Labute approximate surface area is 76.9 Å². The Morgan fingerprint density at radius 1 is 1.38 bits per heavy atom. The van der Waals surface area contributed by atoms with Crippen molar-refractivity contribution in [1.29, 1.82) is 0 Å². The van der Waals surface area contributed by atoms with Crippen molar-refractivity contribution in [2.24, 2.45) is 0 Å². The first-order valence-corrected chi connectivity index (χ1v) is 5.33. The maximum Gasteiger partial charge on any atom is 0.309 e. The Morgan fingerprint density at radius 3 is 2.54 bits per heavy atom. The van der Waals surface area contributed by atoms with Crippen LogP contribution in [0.4, 0.5) is 0 Å². The zero-order chi connectivity index (χ0) is 9.90. The van der Waals surface area contributed by atoms with Crippen LogP contribution in [0.2, 0.25) is 0 Å². The zero-order valence-electron chi connectivity index (χ0n) is 7.10. The minimum atomic E-state index is -3.56. The molecule has 0 aliphatic heterocycles. The van der Waals surface area contributed by atoms with Gasteiger partial charge >= 0.3 is 10.1 Å². The Hall–Kier alpha value is -1.23. The molecule has 0 heterocycles. The molecule has 0 aliphatic carbocycles. The number of aromatic hydroxyl groups is 1. The van der Waals surface area contributed by atoms with E-state index in [0.717, 1.165) is 0 Å². The molecule has 1 rings (SSSR count). The molecule has 4 nitrogen and oxygen atoms in total. The van der Waals surface area contributed by atoms with E-state index in [4.69, 9.17) is 0 Å². The van der Waals surface area contributed by atoms with Crippen LogP contribution in [-0.2, 0) is 10.1 Å². The first kappa shape index (κ1) is 9.85. The molecule has 0 saturated carbocycles. The van der Waals surface area contributed by atoms with Gasteiger partial charge in [-0.15, -0.1) is 0 Å². The molecule has 0 unspecified atom stereocenters. The molecule has 72 valence electrons. The van der Waals surface area contributed by atoms with E-state index in [0.29, 0.717) is 0 Å². The third kappa shape index (κ3) is 2.62. The van der Waals surface area contributed by atoms with Crippen molar-refractivity contribution >= 4 is 10.1 Å². The minimum Gasteiger partial charge on any atom is -0.504 e. The van der Waals surface area contributed by atoms with Crippen LogP contribution in [0.25, 0.3) is 0 Å². The highest BCUT2D eigenvalue weighted by Crippen LogP contribution is 2.25. The smallest absolute Gasteiger partial charge is 0.309 e. The molecule has 0 aliphatic rings. The highest BCUT2D eigenvalue weighted by Gasteiger charge is 2.11. The van der Waals surface area contributed by atoms with Crippen molar-refractivity contribution in [3.05, 3.63) is 24.3 Å². The molecule has 0 amide bonds. The van der Waals surface area contributed by atoms with E-state index in [1.807, 2.05) is 0 Å². The summed E-state index contributed by atoms with van der Waals surface area (Å²) < 4.78 is 26.6. The minimum absolute atomic E-state index is 0.0376. The van der Waals surface area contributed by atoms with Gasteiger partial charge in [-0.05, 0) is 19.1 Å². The first-order chi connectivity index (χ1) is 6.05. The highest BCUT2D eigenvalue weighted by molar-refractivity contribution is 7.87. The lowest BCUT2D eigenvalue weighted by molar-refractivity contribution is 0.429. The van der Waals surface area contributed by atoms with E-state index in [1.54, 1.807) is 12.1 Å². The molecule has 0 fully saturated rings. The predicted molar refractivity (Wildman–Crippen MR) is 48.2 cm³/mol. The average Bonchev–Trinajstić information content (AvgIpc) is 2.09. The van der Waals surface area contributed by atoms with Crippen LogP contribution in [0.1, 0.15) is 6.92 Å². The first-order valence-electron chi connectivity index (χ1n) is 3.75. The van der Waals surface area contributed by atoms with Gasteiger partial charge in [0.05, 0.1) is 5.75 Å². The maximum atomic E-state index is 11.0. The van der Waals surface area contributed by atoms with Gasteiger partial charge in [-0.2, -0.15) is 8.42 Å². The number of hydrogen-bond acceptors (Lipinski definition) is 4. The van der Waals surface area contributed by atoms with E-state index in [2.05, 4.69) is 4.18 Å². The van der Waals surface area contributed by atoms with E-state index >= 15 is 0 Å². The number of hydrogen-bond donors (Lipinski definition) is 1. The average molecular weight is 202 g/mol. The van der Waals surface area contributed by atoms with Crippen LogP contribution in [0, 0.1) is 0 Å². The highest BCUT2D eigenvalue weighted by atomic mass is 32.2. The summed E-state index contributed by atoms with van der Waals surface area (Å²) in [5.41, 5.74) is 0. The fraction of sp³-hybridized carbons (Fsp3) is 0.250. The number of rotatable bonds is 3. The summed E-state index contributed by atoms with van der Waals surface area (Å²) in [6.45, 7) is 1.47. The van der Waals surface area contributed by atoms with Crippen LogP contribution >= 0.6 is 0 Å². The summed E-state index contributed by atoms with van der Waals surface area (Å²) in [5.74, 6) is -0.342. The lowest BCUT2D eigenvalue weighted by Crippen LogP contribution is -2.11. The molecule has 0 atom stereocenters. The fourth-order valence-corrected chi connectivity index (χ4v) is 1.26. The molecular formula is C8H10O4S. The second-order valence-corrected chi connectivity index (χ2v) is 4.26. The molecule has 0 bridgehead atoms. The van der Waals surface area contributed by atoms with Gasteiger partial charge in [0.15, 0.2) is 11.5 Å². The molecule has 0 aromatic heterocycles. The number of phenolic OH excluding ortho intramolecular Hbond substituents is 1. The third-order valence-corrected chi connectivity index (χ3v) is 2.58. The SMILES string of the molecule is CCS(=O)(=O)Oc1ccccc1O. The van der Waals surface area contributed by atoms with Crippen molar-refractivity contribution in [3.63, 3.8) is 0 Å². The van der Waals surface area contributed by atoms with Crippen molar-refractivity contribution < 1.29 is 17.7 Å². The summed E-state index contributed by atoms with van der Waals surface area (Å²) in [6.07, 6.45) is 0. The Kier molecular flexibility index (Phi) is 2.77. The molecule has 1 aromatic rings. The lowest BCUT2D eigenvalue weighted by atomic mass is 10.3. The molecule has 0 spiro atoms. The van der Waals surface area contributed by atoms with E-state index in [1.165, 1.54) is 19.1 Å². The van der Waals surface area contributed by atoms with Gasteiger partial charge in [-0.1, -0.05) is 12.1 Å². The van der Waals surface area contributed by atoms with Gasteiger partial charge < -0.3 is 9.29 Å². The van der Waals surface area contributed by atoms with Gasteiger partial charge in [0.1, 0.15) is 0 Å². The quantitative estimate of drug-likeness (QED) is 0.746. The van der Waals surface area contributed by atoms with E-state index < -0.39 is 10.1 Å². The number of para-hydroxylation sites is 2. The van der Waals surface area contributed by atoms with Gasteiger partial charge in [-0.3, -0.25) is 0 Å². The van der Waals surface area contributed by atoms with Crippen LogP contribution in [0.5, 0.6) is 11.5 Å². The van der Waals surface area contributed by atoms with Gasteiger partial charge in [0.25, 0.3) is 0 Å². The van der Waals surface area contributed by atoms with E-state index in [-0.39, 0.29) is 17.3 Å². The van der Waals surface area contributed by atoms with Crippen LogP contribution < -0.4 is 4.18 Å².